The highest BCUT2D eigenvalue weighted by molar-refractivity contribution is 5.94. The lowest BCUT2D eigenvalue weighted by Gasteiger charge is -2.30. The summed E-state index contributed by atoms with van der Waals surface area (Å²) in [6.07, 6.45) is 6.10. The predicted octanol–water partition coefficient (Wildman–Crippen LogP) is 4.15. The van der Waals surface area contributed by atoms with E-state index < -0.39 is 0 Å². The number of carbonyl (C=O) groups excluding carboxylic acids is 1. The molecule has 0 radical (unpaired) electrons. The number of amides is 1. The maximum Gasteiger partial charge on any atom is 0.251 e. The SMILES string of the molecule is O=C(NCC1CC1)c1ccc(Nc2nccc(N3CCCc4cc(O)ccc43)n2)cc1. The molecule has 1 aliphatic carbocycles. The van der Waals surface area contributed by atoms with Gasteiger partial charge in [0.1, 0.15) is 11.6 Å². The zero-order valence-electron chi connectivity index (χ0n) is 17.2. The number of nitrogens with one attached hydrogen (secondary N) is 2. The van der Waals surface area contributed by atoms with E-state index in [2.05, 4.69) is 25.5 Å². The van der Waals surface area contributed by atoms with E-state index in [-0.39, 0.29) is 11.7 Å². The Balaban J connectivity index is 1.29. The summed E-state index contributed by atoms with van der Waals surface area (Å²) in [4.78, 5) is 23.4. The Kier molecular flexibility index (Phi) is 5.16. The summed E-state index contributed by atoms with van der Waals surface area (Å²) >= 11 is 0. The van der Waals surface area contributed by atoms with Gasteiger partial charge in [-0.3, -0.25) is 4.79 Å². The van der Waals surface area contributed by atoms with Crippen LogP contribution in [0.3, 0.4) is 0 Å². The Morgan fingerprint density at radius 3 is 2.77 bits per heavy atom. The van der Waals surface area contributed by atoms with Crippen LogP contribution in [0.5, 0.6) is 5.75 Å². The molecule has 1 fully saturated rings. The minimum Gasteiger partial charge on any atom is -0.508 e. The van der Waals surface area contributed by atoms with Gasteiger partial charge in [0.15, 0.2) is 0 Å². The summed E-state index contributed by atoms with van der Waals surface area (Å²) < 4.78 is 0. The standard InChI is InChI=1S/C24H25N5O2/c30-20-9-10-21-18(14-20)2-1-13-29(21)22-11-12-25-24(28-22)27-19-7-5-17(6-8-19)23(31)26-15-16-3-4-16/h5-12,14,16,30H,1-4,13,15H2,(H,26,31)(H,25,27,28). The van der Waals surface area contributed by atoms with Gasteiger partial charge in [-0.1, -0.05) is 0 Å². The number of anilines is 4. The lowest BCUT2D eigenvalue weighted by atomic mass is 10.0. The number of aryl methyl sites for hydroxylation is 1. The van der Waals surface area contributed by atoms with Crippen molar-refractivity contribution in [3.05, 3.63) is 65.9 Å². The molecule has 1 saturated carbocycles. The van der Waals surface area contributed by atoms with Gasteiger partial charge in [-0.15, -0.1) is 0 Å². The molecular weight excluding hydrogens is 390 g/mol. The number of carbonyl (C=O) groups is 1. The fourth-order valence-electron chi connectivity index (χ4n) is 3.88. The van der Waals surface area contributed by atoms with Gasteiger partial charge in [0.25, 0.3) is 5.91 Å². The van der Waals surface area contributed by atoms with Crippen molar-refractivity contribution in [3.8, 4) is 5.75 Å². The molecular formula is C24H25N5O2. The Morgan fingerprint density at radius 1 is 1.13 bits per heavy atom. The number of benzene rings is 2. The highest BCUT2D eigenvalue weighted by Crippen LogP contribution is 2.34. The summed E-state index contributed by atoms with van der Waals surface area (Å²) in [5, 5.41) is 16.0. The highest BCUT2D eigenvalue weighted by atomic mass is 16.3. The Bertz CT molecular complexity index is 1100. The molecule has 3 N–H and O–H groups in total. The summed E-state index contributed by atoms with van der Waals surface area (Å²) in [7, 11) is 0. The van der Waals surface area contributed by atoms with Crippen molar-refractivity contribution in [1.29, 1.82) is 0 Å². The molecule has 5 rings (SSSR count). The van der Waals surface area contributed by atoms with Crippen LogP contribution in [0.4, 0.5) is 23.1 Å². The van der Waals surface area contributed by atoms with Crippen LogP contribution in [0, 0.1) is 5.92 Å². The average Bonchev–Trinajstić information content (AvgIpc) is 3.62. The number of hydrogen-bond acceptors (Lipinski definition) is 6. The van der Waals surface area contributed by atoms with Crippen LogP contribution >= 0.6 is 0 Å². The molecule has 0 bridgehead atoms. The number of phenolic OH excluding ortho intramolecular Hbond substituents is 1. The molecule has 1 amide bonds. The third kappa shape index (κ3) is 4.45. The molecule has 0 atom stereocenters. The molecule has 0 spiro atoms. The smallest absolute Gasteiger partial charge is 0.251 e. The summed E-state index contributed by atoms with van der Waals surface area (Å²) in [6, 6.07) is 14.7. The Hall–Kier alpha value is -3.61. The largest absolute Gasteiger partial charge is 0.508 e. The first kappa shape index (κ1) is 19.4. The van der Waals surface area contributed by atoms with Gasteiger partial charge in [-0.2, -0.15) is 4.98 Å². The molecule has 7 heteroatoms. The minimum absolute atomic E-state index is 0.0357. The minimum atomic E-state index is -0.0357. The second-order valence-electron chi connectivity index (χ2n) is 8.16. The van der Waals surface area contributed by atoms with Crippen molar-refractivity contribution < 1.29 is 9.90 Å². The van der Waals surface area contributed by atoms with Crippen molar-refractivity contribution in [3.63, 3.8) is 0 Å². The predicted molar refractivity (Wildman–Crippen MR) is 120 cm³/mol. The van der Waals surface area contributed by atoms with Gasteiger partial charge in [0.05, 0.1) is 0 Å². The second-order valence-corrected chi connectivity index (χ2v) is 8.16. The van der Waals surface area contributed by atoms with E-state index in [0.717, 1.165) is 48.7 Å². The molecule has 2 aliphatic rings. The number of phenols is 1. The first-order valence-corrected chi connectivity index (χ1v) is 10.7. The molecule has 158 valence electrons. The lowest BCUT2D eigenvalue weighted by Crippen LogP contribution is -2.25. The molecule has 0 unspecified atom stereocenters. The molecule has 0 saturated heterocycles. The topological polar surface area (TPSA) is 90.4 Å². The van der Waals surface area contributed by atoms with Crippen LogP contribution in [0.15, 0.2) is 54.7 Å². The lowest BCUT2D eigenvalue weighted by molar-refractivity contribution is 0.0952. The van der Waals surface area contributed by atoms with E-state index in [1.807, 2.05) is 42.5 Å². The van der Waals surface area contributed by atoms with Gasteiger partial charge in [-0.05, 0) is 85.7 Å². The van der Waals surface area contributed by atoms with Gasteiger partial charge in [-0.25, -0.2) is 4.98 Å². The Morgan fingerprint density at radius 2 is 1.97 bits per heavy atom. The third-order valence-corrected chi connectivity index (χ3v) is 5.75. The zero-order valence-corrected chi connectivity index (χ0v) is 17.2. The maximum absolute atomic E-state index is 12.2. The van der Waals surface area contributed by atoms with E-state index >= 15 is 0 Å². The van der Waals surface area contributed by atoms with Crippen molar-refractivity contribution in [2.45, 2.75) is 25.7 Å². The molecule has 1 aromatic heterocycles. The van der Waals surface area contributed by atoms with E-state index in [1.165, 1.54) is 12.8 Å². The molecule has 7 nitrogen and oxygen atoms in total. The van der Waals surface area contributed by atoms with Crippen LogP contribution in [-0.4, -0.2) is 34.1 Å². The van der Waals surface area contributed by atoms with E-state index in [9.17, 15) is 9.90 Å². The molecule has 3 aromatic rings. The van der Waals surface area contributed by atoms with Crippen LogP contribution in [-0.2, 0) is 6.42 Å². The van der Waals surface area contributed by atoms with Crippen molar-refractivity contribution in [2.24, 2.45) is 5.92 Å². The number of aromatic hydroxyl groups is 1. The van der Waals surface area contributed by atoms with Crippen molar-refractivity contribution in [2.75, 3.05) is 23.3 Å². The van der Waals surface area contributed by atoms with Gasteiger partial charge in [0, 0.05) is 36.2 Å². The number of rotatable bonds is 6. The van der Waals surface area contributed by atoms with E-state index in [0.29, 0.717) is 17.4 Å². The number of fused-ring (bicyclic) bond motifs is 1. The fraction of sp³-hybridized carbons (Fsp3) is 0.292. The quantitative estimate of drug-likeness (QED) is 0.560. The normalized spacial score (nSPS) is 15.3. The van der Waals surface area contributed by atoms with Crippen LogP contribution in [0.1, 0.15) is 35.2 Å². The van der Waals surface area contributed by atoms with Gasteiger partial charge < -0.3 is 20.6 Å². The molecule has 1 aliphatic heterocycles. The molecule has 2 aromatic carbocycles. The van der Waals surface area contributed by atoms with E-state index in [1.54, 1.807) is 12.3 Å². The average molecular weight is 415 g/mol. The number of hydrogen-bond donors (Lipinski definition) is 3. The zero-order chi connectivity index (χ0) is 21.2. The summed E-state index contributed by atoms with van der Waals surface area (Å²) in [5.74, 6) is 2.21. The number of aromatic nitrogens is 2. The summed E-state index contributed by atoms with van der Waals surface area (Å²) in [6.45, 7) is 1.62. The third-order valence-electron chi connectivity index (χ3n) is 5.75. The summed E-state index contributed by atoms with van der Waals surface area (Å²) in [5.41, 5.74) is 3.65. The van der Waals surface area contributed by atoms with Crippen LogP contribution in [0.25, 0.3) is 0 Å². The van der Waals surface area contributed by atoms with Crippen molar-refractivity contribution in [1.82, 2.24) is 15.3 Å². The van der Waals surface area contributed by atoms with Crippen molar-refractivity contribution >= 4 is 29.0 Å². The first-order chi connectivity index (χ1) is 15.2. The van der Waals surface area contributed by atoms with Crippen LogP contribution in [0.2, 0.25) is 0 Å². The molecule has 31 heavy (non-hydrogen) atoms. The monoisotopic (exact) mass is 415 g/mol. The van der Waals surface area contributed by atoms with Gasteiger partial charge in [0.2, 0.25) is 5.95 Å². The van der Waals surface area contributed by atoms with E-state index in [4.69, 9.17) is 0 Å². The highest BCUT2D eigenvalue weighted by Gasteiger charge is 2.22. The van der Waals surface area contributed by atoms with Gasteiger partial charge >= 0.3 is 0 Å². The maximum atomic E-state index is 12.2. The first-order valence-electron chi connectivity index (χ1n) is 10.7. The second kappa shape index (κ2) is 8.26. The Labute approximate surface area is 181 Å². The fourth-order valence-corrected chi connectivity index (χ4v) is 3.88. The molecule has 2 heterocycles. The number of nitrogens with zero attached hydrogens (tertiary/aromatic N) is 3. The van der Waals surface area contributed by atoms with Crippen LogP contribution < -0.4 is 15.5 Å².